The van der Waals surface area contributed by atoms with Crippen LogP contribution in [0.4, 0.5) is 4.39 Å². The maximum atomic E-state index is 13.3. The van der Waals surface area contributed by atoms with Crippen LogP contribution in [0.1, 0.15) is 15.9 Å². The molecule has 0 saturated carbocycles. The second-order valence-electron chi connectivity index (χ2n) is 6.85. The quantitative estimate of drug-likeness (QED) is 0.489. The number of hydrogen-bond donors (Lipinski definition) is 2. The molecule has 4 aromatic rings. The van der Waals surface area contributed by atoms with Gasteiger partial charge in [0, 0.05) is 11.8 Å². The van der Waals surface area contributed by atoms with Gasteiger partial charge in [-0.3, -0.25) is 20.4 Å². The zero-order chi connectivity index (χ0) is 21.6. The van der Waals surface area contributed by atoms with E-state index in [0.717, 1.165) is 11.3 Å². The monoisotopic (exact) mass is 414 g/mol. The molecule has 0 aliphatic carbocycles. The van der Waals surface area contributed by atoms with E-state index in [1.807, 2.05) is 60.7 Å². The zero-order valence-corrected chi connectivity index (χ0v) is 16.5. The van der Waals surface area contributed by atoms with Crippen LogP contribution in [0.25, 0.3) is 16.9 Å². The van der Waals surface area contributed by atoms with Crippen molar-refractivity contribution >= 4 is 11.8 Å². The van der Waals surface area contributed by atoms with Gasteiger partial charge >= 0.3 is 0 Å². The number of aromatic nitrogens is 2. The van der Waals surface area contributed by atoms with Gasteiger partial charge < -0.3 is 0 Å². The lowest BCUT2D eigenvalue weighted by molar-refractivity contribution is -0.121. The first-order valence-corrected chi connectivity index (χ1v) is 9.64. The average Bonchev–Trinajstić information content (AvgIpc) is 3.24. The molecule has 0 bridgehead atoms. The number of benzene rings is 3. The first kappa shape index (κ1) is 20.0. The molecular formula is C24H19FN4O2. The summed E-state index contributed by atoms with van der Waals surface area (Å²) in [6, 6.07) is 24.5. The number of nitrogens with one attached hydrogen (secondary N) is 2. The highest BCUT2D eigenvalue weighted by atomic mass is 19.1. The smallest absolute Gasteiger partial charge is 0.273 e. The number of rotatable bonds is 5. The fourth-order valence-corrected chi connectivity index (χ4v) is 3.13. The summed E-state index contributed by atoms with van der Waals surface area (Å²) in [6.07, 6.45) is 1.55. The van der Waals surface area contributed by atoms with Gasteiger partial charge in [0.15, 0.2) is 0 Å². The third kappa shape index (κ3) is 4.84. The molecule has 0 fully saturated rings. The summed E-state index contributed by atoms with van der Waals surface area (Å²) in [6.45, 7) is 0. The average molecular weight is 414 g/mol. The van der Waals surface area contributed by atoms with Crippen molar-refractivity contribution in [2.75, 3.05) is 0 Å². The van der Waals surface area contributed by atoms with Crippen LogP contribution in [0.5, 0.6) is 0 Å². The van der Waals surface area contributed by atoms with Gasteiger partial charge in [0.05, 0.1) is 17.7 Å². The maximum Gasteiger partial charge on any atom is 0.273 e. The maximum absolute atomic E-state index is 13.3. The van der Waals surface area contributed by atoms with Gasteiger partial charge in [-0.2, -0.15) is 5.10 Å². The summed E-state index contributed by atoms with van der Waals surface area (Å²) < 4.78 is 14.9. The largest absolute Gasteiger partial charge is 0.273 e. The number of hydrogen-bond acceptors (Lipinski definition) is 3. The third-order valence-electron chi connectivity index (χ3n) is 4.60. The Hall–Kier alpha value is -4.26. The molecule has 154 valence electrons. The minimum absolute atomic E-state index is 0.0626. The molecule has 0 unspecified atom stereocenters. The van der Waals surface area contributed by atoms with E-state index in [9.17, 15) is 14.0 Å². The normalized spacial score (nSPS) is 10.5. The van der Waals surface area contributed by atoms with Crippen molar-refractivity contribution in [1.82, 2.24) is 20.6 Å². The van der Waals surface area contributed by atoms with Crippen LogP contribution in [0.15, 0.2) is 91.1 Å². The SMILES string of the molecule is O=C(Cc1cccc(F)c1)NNC(=O)c1cn(-c2ccccc2)nc1-c1ccccc1. The molecule has 0 radical (unpaired) electrons. The van der Waals surface area contributed by atoms with Gasteiger partial charge in [-0.25, -0.2) is 9.07 Å². The lowest BCUT2D eigenvalue weighted by Crippen LogP contribution is -2.42. The fourth-order valence-electron chi connectivity index (χ4n) is 3.13. The summed E-state index contributed by atoms with van der Waals surface area (Å²) in [5.41, 5.74) is 7.68. The van der Waals surface area contributed by atoms with E-state index in [2.05, 4.69) is 16.0 Å². The van der Waals surface area contributed by atoms with Crippen molar-refractivity contribution in [3.63, 3.8) is 0 Å². The van der Waals surface area contributed by atoms with Gasteiger partial charge in [-0.05, 0) is 29.8 Å². The highest BCUT2D eigenvalue weighted by Gasteiger charge is 2.19. The van der Waals surface area contributed by atoms with E-state index in [4.69, 9.17) is 0 Å². The number of nitrogens with zero attached hydrogens (tertiary/aromatic N) is 2. The lowest BCUT2D eigenvalue weighted by atomic mass is 10.1. The standard InChI is InChI=1S/C24H19FN4O2/c25-19-11-7-8-17(14-19)15-22(30)26-27-24(31)21-16-29(20-12-5-2-6-13-20)28-23(21)18-9-3-1-4-10-18/h1-14,16H,15H2,(H,26,30)(H,27,31). The molecule has 2 N–H and O–H groups in total. The molecule has 7 heteroatoms. The highest BCUT2D eigenvalue weighted by molar-refractivity contribution is 6.00. The Labute approximate surface area is 178 Å². The van der Waals surface area contributed by atoms with Crippen LogP contribution in [0.3, 0.4) is 0 Å². The minimum atomic E-state index is -0.506. The van der Waals surface area contributed by atoms with Crippen LogP contribution in [-0.4, -0.2) is 21.6 Å². The van der Waals surface area contributed by atoms with Crippen molar-refractivity contribution < 1.29 is 14.0 Å². The van der Waals surface area contributed by atoms with Crippen molar-refractivity contribution in [2.24, 2.45) is 0 Å². The summed E-state index contributed by atoms with van der Waals surface area (Å²) in [5, 5.41) is 4.58. The van der Waals surface area contributed by atoms with Crippen LogP contribution >= 0.6 is 0 Å². The Bertz CT molecular complexity index is 1210. The fraction of sp³-hybridized carbons (Fsp3) is 0.0417. The minimum Gasteiger partial charge on any atom is -0.273 e. The summed E-state index contributed by atoms with van der Waals surface area (Å²) >= 11 is 0. The Morgan fingerprint density at radius 1 is 0.871 bits per heavy atom. The Morgan fingerprint density at radius 2 is 1.58 bits per heavy atom. The van der Waals surface area contributed by atoms with Crippen LogP contribution in [0.2, 0.25) is 0 Å². The Balaban J connectivity index is 1.54. The molecule has 2 amide bonds. The number of halogens is 1. The van der Waals surface area contributed by atoms with Gasteiger partial charge in [-0.15, -0.1) is 0 Å². The van der Waals surface area contributed by atoms with Crippen LogP contribution in [-0.2, 0) is 11.2 Å². The summed E-state index contributed by atoms with van der Waals surface area (Å²) in [5.74, 6) is -1.39. The second kappa shape index (κ2) is 9.04. The van der Waals surface area contributed by atoms with E-state index in [-0.39, 0.29) is 6.42 Å². The number of para-hydroxylation sites is 1. The topological polar surface area (TPSA) is 76.0 Å². The van der Waals surface area contributed by atoms with Crippen molar-refractivity contribution in [2.45, 2.75) is 6.42 Å². The molecule has 4 rings (SSSR count). The molecule has 0 aliphatic heterocycles. The number of carbonyl (C=O) groups is 2. The molecule has 6 nitrogen and oxygen atoms in total. The number of amides is 2. The first-order chi connectivity index (χ1) is 15.1. The Morgan fingerprint density at radius 3 is 2.29 bits per heavy atom. The van der Waals surface area contributed by atoms with Crippen molar-refractivity contribution in [3.05, 3.63) is 108 Å². The lowest BCUT2D eigenvalue weighted by Gasteiger charge is -2.08. The summed E-state index contributed by atoms with van der Waals surface area (Å²) in [7, 11) is 0. The second-order valence-corrected chi connectivity index (χ2v) is 6.85. The van der Waals surface area contributed by atoms with E-state index in [1.54, 1.807) is 16.9 Å². The van der Waals surface area contributed by atoms with E-state index in [0.29, 0.717) is 16.8 Å². The van der Waals surface area contributed by atoms with E-state index >= 15 is 0 Å². The predicted molar refractivity (Wildman–Crippen MR) is 115 cm³/mol. The van der Waals surface area contributed by atoms with Gasteiger partial charge in [0.2, 0.25) is 5.91 Å². The third-order valence-corrected chi connectivity index (χ3v) is 4.60. The van der Waals surface area contributed by atoms with Gasteiger partial charge in [0.1, 0.15) is 11.5 Å². The Kier molecular flexibility index (Phi) is 5.84. The van der Waals surface area contributed by atoms with Gasteiger partial charge in [0.25, 0.3) is 5.91 Å². The molecule has 0 saturated heterocycles. The predicted octanol–water partition coefficient (Wildman–Crippen LogP) is 3.68. The molecule has 31 heavy (non-hydrogen) atoms. The molecule has 0 aliphatic rings. The van der Waals surface area contributed by atoms with Crippen molar-refractivity contribution in [3.8, 4) is 16.9 Å². The molecule has 1 heterocycles. The van der Waals surface area contributed by atoms with Crippen LogP contribution < -0.4 is 10.9 Å². The molecule has 0 atom stereocenters. The summed E-state index contributed by atoms with van der Waals surface area (Å²) in [4.78, 5) is 25.0. The van der Waals surface area contributed by atoms with Gasteiger partial charge in [-0.1, -0.05) is 60.7 Å². The van der Waals surface area contributed by atoms with Crippen molar-refractivity contribution in [1.29, 1.82) is 0 Å². The number of hydrazine groups is 1. The zero-order valence-electron chi connectivity index (χ0n) is 16.5. The first-order valence-electron chi connectivity index (χ1n) is 9.64. The molecule has 1 aromatic heterocycles. The van der Waals surface area contributed by atoms with Crippen LogP contribution in [0, 0.1) is 5.82 Å². The molecule has 0 spiro atoms. The number of carbonyl (C=O) groups excluding carboxylic acids is 2. The molecule has 3 aromatic carbocycles. The molecular weight excluding hydrogens is 395 g/mol. The van der Waals surface area contributed by atoms with E-state index < -0.39 is 17.6 Å². The van der Waals surface area contributed by atoms with E-state index in [1.165, 1.54) is 18.2 Å². The highest BCUT2D eigenvalue weighted by Crippen LogP contribution is 2.23.